The van der Waals surface area contributed by atoms with Gasteiger partial charge in [-0.05, 0) is 26.0 Å². The monoisotopic (exact) mass is 217 g/mol. The van der Waals surface area contributed by atoms with Gasteiger partial charge < -0.3 is 9.30 Å². The van der Waals surface area contributed by atoms with Crippen LogP contribution < -0.4 is 5.43 Å². The van der Waals surface area contributed by atoms with Gasteiger partial charge in [0.2, 0.25) is 0 Å². The summed E-state index contributed by atoms with van der Waals surface area (Å²) in [5.41, 5.74) is 0.964. The van der Waals surface area contributed by atoms with Crippen molar-refractivity contribution in [1.82, 2.24) is 4.57 Å². The van der Waals surface area contributed by atoms with E-state index in [1.807, 2.05) is 42.7 Å². The molecule has 0 fully saturated rings. The molecule has 0 saturated heterocycles. The molecule has 0 spiro atoms. The van der Waals surface area contributed by atoms with Crippen molar-refractivity contribution >= 4 is 10.9 Å². The van der Waals surface area contributed by atoms with E-state index in [1.165, 1.54) is 0 Å². The van der Waals surface area contributed by atoms with Crippen molar-refractivity contribution in [1.29, 1.82) is 0 Å². The summed E-state index contributed by atoms with van der Waals surface area (Å²) in [6.07, 6.45) is 1.72. The maximum Gasteiger partial charge on any atom is 0.189 e. The quantitative estimate of drug-likeness (QED) is 0.791. The third-order valence-corrected chi connectivity index (χ3v) is 2.63. The Hall–Kier alpha value is -1.61. The van der Waals surface area contributed by atoms with Crippen LogP contribution in [0, 0.1) is 0 Å². The van der Waals surface area contributed by atoms with Crippen LogP contribution in [-0.2, 0) is 4.74 Å². The Bertz CT molecular complexity index is 545. The topological polar surface area (TPSA) is 31.2 Å². The van der Waals surface area contributed by atoms with Gasteiger partial charge in [0.25, 0.3) is 0 Å². The highest BCUT2D eigenvalue weighted by molar-refractivity contribution is 5.78. The number of aromatic nitrogens is 1. The van der Waals surface area contributed by atoms with Crippen LogP contribution in [0.2, 0.25) is 0 Å². The molecule has 0 aliphatic heterocycles. The first-order chi connectivity index (χ1) is 7.74. The van der Waals surface area contributed by atoms with Crippen LogP contribution in [0.15, 0.2) is 41.3 Å². The highest BCUT2D eigenvalue weighted by Gasteiger charge is 2.07. The largest absolute Gasteiger partial charge is 0.359 e. The molecule has 1 aromatic carbocycles. The number of rotatable bonds is 3. The van der Waals surface area contributed by atoms with E-state index < -0.39 is 0 Å². The summed E-state index contributed by atoms with van der Waals surface area (Å²) in [4.78, 5) is 11.7. The minimum Gasteiger partial charge on any atom is -0.359 e. The lowest BCUT2D eigenvalue weighted by molar-refractivity contribution is 0.0276. The van der Waals surface area contributed by atoms with E-state index in [4.69, 9.17) is 4.74 Å². The van der Waals surface area contributed by atoms with Crippen LogP contribution in [0.5, 0.6) is 0 Å². The standard InChI is InChI=1S/C13H15NO2/c1-3-16-10(2)14-9-8-13(15)11-6-4-5-7-12(11)14/h4-10H,3H2,1-2H3. The molecule has 0 radical (unpaired) electrons. The molecule has 3 heteroatoms. The maximum absolute atomic E-state index is 11.7. The van der Waals surface area contributed by atoms with Gasteiger partial charge in [0.1, 0.15) is 6.23 Å². The number of para-hydroxylation sites is 1. The fourth-order valence-corrected chi connectivity index (χ4v) is 1.86. The van der Waals surface area contributed by atoms with Gasteiger partial charge in [-0.2, -0.15) is 0 Å². The Kier molecular flexibility index (Phi) is 3.06. The highest BCUT2D eigenvalue weighted by Crippen LogP contribution is 2.15. The first-order valence-corrected chi connectivity index (χ1v) is 5.45. The van der Waals surface area contributed by atoms with E-state index in [2.05, 4.69) is 0 Å². The normalized spacial score (nSPS) is 12.9. The van der Waals surface area contributed by atoms with Crippen molar-refractivity contribution in [2.24, 2.45) is 0 Å². The predicted octanol–water partition coefficient (Wildman–Crippen LogP) is 2.56. The summed E-state index contributed by atoms with van der Waals surface area (Å²) in [6, 6.07) is 9.16. The van der Waals surface area contributed by atoms with Crippen molar-refractivity contribution in [3.05, 3.63) is 46.8 Å². The van der Waals surface area contributed by atoms with Gasteiger partial charge >= 0.3 is 0 Å². The first kappa shape index (κ1) is 10.9. The summed E-state index contributed by atoms with van der Waals surface area (Å²) >= 11 is 0. The molecule has 1 aromatic heterocycles. The van der Waals surface area contributed by atoms with Crippen LogP contribution >= 0.6 is 0 Å². The van der Waals surface area contributed by atoms with Gasteiger partial charge in [-0.15, -0.1) is 0 Å². The summed E-state index contributed by atoms with van der Waals surface area (Å²) in [7, 11) is 0. The number of nitrogens with zero attached hydrogens (tertiary/aromatic N) is 1. The maximum atomic E-state index is 11.7. The Morgan fingerprint density at radius 1 is 1.31 bits per heavy atom. The first-order valence-electron chi connectivity index (χ1n) is 5.45. The molecule has 0 saturated carbocycles. The second-order valence-electron chi connectivity index (χ2n) is 3.66. The molecule has 1 atom stereocenters. The molecule has 3 nitrogen and oxygen atoms in total. The zero-order valence-corrected chi connectivity index (χ0v) is 9.51. The van der Waals surface area contributed by atoms with Crippen LogP contribution in [0.3, 0.4) is 0 Å². The molecule has 84 valence electrons. The molecule has 1 unspecified atom stereocenters. The minimum atomic E-state index is -0.0597. The van der Waals surface area contributed by atoms with Gasteiger partial charge in [0, 0.05) is 24.3 Å². The fraction of sp³-hybridized carbons (Fsp3) is 0.308. The van der Waals surface area contributed by atoms with Crippen molar-refractivity contribution in [3.63, 3.8) is 0 Å². The smallest absolute Gasteiger partial charge is 0.189 e. The Morgan fingerprint density at radius 2 is 2.06 bits per heavy atom. The Morgan fingerprint density at radius 3 is 2.81 bits per heavy atom. The molecule has 16 heavy (non-hydrogen) atoms. The summed E-state index contributed by atoms with van der Waals surface area (Å²) in [5, 5.41) is 0.733. The molecule has 0 aliphatic carbocycles. The van der Waals surface area contributed by atoms with E-state index in [0.717, 1.165) is 10.9 Å². The Balaban J connectivity index is 2.63. The number of ether oxygens (including phenoxy) is 1. The third-order valence-electron chi connectivity index (χ3n) is 2.63. The van der Waals surface area contributed by atoms with Gasteiger partial charge in [-0.1, -0.05) is 12.1 Å². The van der Waals surface area contributed by atoms with Crippen LogP contribution in [-0.4, -0.2) is 11.2 Å². The molecule has 1 heterocycles. The molecule has 0 N–H and O–H groups in total. The third kappa shape index (κ3) is 1.86. The number of pyridine rings is 1. The molecule has 2 rings (SSSR count). The predicted molar refractivity (Wildman–Crippen MR) is 64.5 cm³/mol. The van der Waals surface area contributed by atoms with Crippen molar-refractivity contribution < 1.29 is 4.74 Å². The van der Waals surface area contributed by atoms with E-state index in [9.17, 15) is 4.79 Å². The summed E-state index contributed by atoms with van der Waals surface area (Å²) in [6.45, 7) is 4.59. The zero-order valence-electron chi connectivity index (χ0n) is 9.51. The molecule has 0 amide bonds. The van der Waals surface area contributed by atoms with Crippen LogP contribution in [0.4, 0.5) is 0 Å². The zero-order chi connectivity index (χ0) is 11.5. The second-order valence-corrected chi connectivity index (χ2v) is 3.66. The molecule has 0 aliphatic rings. The van der Waals surface area contributed by atoms with Gasteiger partial charge in [0.05, 0.1) is 5.52 Å². The lowest BCUT2D eigenvalue weighted by atomic mass is 10.2. The van der Waals surface area contributed by atoms with E-state index >= 15 is 0 Å². The van der Waals surface area contributed by atoms with Gasteiger partial charge in [-0.25, -0.2) is 0 Å². The Labute approximate surface area is 94.3 Å². The number of hydrogen-bond acceptors (Lipinski definition) is 2. The second kappa shape index (κ2) is 4.49. The molecular formula is C13H15NO2. The fourth-order valence-electron chi connectivity index (χ4n) is 1.86. The van der Waals surface area contributed by atoms with Crippen molar-refractivity contribution in [3.8, 4) is 0 Å². The SMILES string of the molecule is CCOC(C)n1ccc(=O)c2ccccc21. The van der Waals surface area contributed by atoms with E-state index in [1.54, 1.807) is 12.3 Å². The summed E-state index contributed by atoms with van der Waals surface area (Å²) < 4.78 is 7.51. The average Bonchev–Trinajstić information content (AvgIpc) is 2.30. The van der Waals surface area contributed by atoms with Gasteiger partial charge in [0.15, 0.2) is 5.43 Å². The lowest BCUT2D eigenvalue weighted by Crippen LogP contribution is -2.13. The highest BCUT2D eigenvalue weighted by atomic mass is 16.5. The molecule has 2 aromatic rings. The van der Waals surface area contributed by atoms with Crippen LogP contribution in [0.1, 0.15) is 20.1 Å². The molecular weight excluding hydrogens is 202 g/mol. The van der Waals surface area contributed by atoms with Crippen molar-refractivity contribution in [2.75, 3.05) is 6.61 Å². The van der Waals surface area contributed by atoms with Gasteiger partial charge in [-0.3, -0.25) is 4.79 Å². The number of fused-ring (bicyclic) bond motifs is 1. The van der Waals surface area contributed by atoms with E-state index in [-0.39, 0.29) is 11.7 Å². The number of hydrogen-bond donors (Lipinski definition) is 0. The average molecular weight is 217 g/mol. The minimum absolute atomic E-state index is 0.0514. The molecule has 0 bridgehead atoms. The van der Waals surface area contributed by atoms with Crippen molar-refractivity contribution in [2.45, 2.75) is 20.1 Å². The number of benzene rings is 1. The lowest BCUT2D eigenvalue weighted by Gasteiger charge is -2.18. The summed E-state index contributed by atoms with van der Waals surface area (Å²) in [5.74, 6) is 0. The van der Waals surface area contributed by atoms with E-state index in [0.29, 0.717) is 6.61 Å². The van der Waals surface area contributed by atoms with Crippen LogP contribution in [0.25, 0.3) is 10.9 Å².